The lowest BCUT2D eigenvalue weighted by Crippen LogP contribution is -2.21. The Hall–Kier alpha value is -0.830. The molecule has 1 atom stereocenters. The number of fused-ring (bicyclic) bond motifs is 1. The smallest absolute Gasteiger partial charge is 0.110 e. The van der Waals surface area contributed by atoms with E-state index in [4.69, 9.17) is 5.73 Å². The predicted molar refractivity (Wildman–Crippen MR) is 52.6 cm³/mol. The molecule has 1 unspecified atom stereocenters. The Morgan fingerprint density at radius 3 is 2.77 bits per heavy atom. The molecule has 1 aromatic rings. The van der Waals surface area contributed by atoms with Crippen LogP contribution < -0.4 is 5.73 Å². The molecule has 2 rings (SSSR count). The van der Waals surface area contributed by atoms with Gasteiger partial charge >= 0.3 is 0 Å². The zero-order valence-corrected chi connectivity index (χ0v) is 8.54. The lowest BCUT2D eigenvalue weighted by molar-refractivity contribution is 0.562. The standard InChI is InChI=1S/C10H17N3/c1-10(2,3)8-6-13-5-7(11)4-9(13)12-8/h6-7H,4-5,11H2,1-3H3. The molecule has 1 aliphatic rings. The number of nitrogens with zero attached hydrogens (tertiary/aromatic N) is 2. The van der Waals surface area contributed by atoms with Crippen LogP contribution in [-0.4, -0.2) is 15.6 Å². The van der Waals surface area contributed by atoms with Crippen molar-refractivity contribution in [2.45, 2.75) is 45.2 Å². The van der Waals surface area contributed by atoms with Crippen molar-refractivity contribution >= 4 is 0 Å². The minimum absolute atomic E-state index is 0.154. The van der Waals surface area contributed by atoms with E-state index < -0.39 is 0 Å². The average Bonchev–Trinajstić information content (AvgIpc) is 2.40. The minimum Gasteiger partial charge on any atom is -0.333 e. The Morgan fingerprint density at radius 1 is 1.54 bits per heavy atom. The second-order valence-corrected chi connectivity index (χ2v) is 4.91. The summed E-state index contributed by atoms with van der Waals surface area (Å²) in [5.41, 5.74) is 7.16. The lowest BCUT2D eigenvalue weighted by atomic mass is 9.93. The van der Waals surface area contributed by atoms with Crippen molar-refractivity contribution in [3.63, 3.8) is 0 Å². The lowest BCUT2D eigenvalue weighted by Gasteiger charge is -2.14. The largest absolute Gasteiger partial charge is 0.333 e. The number of rotatable bonds is 0. The van der Waals surface area contributed by atoms with Crippen molar-refractivity contribution in [1.29, 1.82) is 0 Å². The molecule has 3 nitrogen and oxygen atoms in total. The van der Waals surface area contributed by atoms with Gasteiger partial charge in [-0.05, 0) is 0 Å². The van der Waals surface area contributed by atoms with E-state index >= 15 is 0 Å². The van der Waals surface area contributed by atoms with Gasteiger partial charge in [-0.1, -0.05) is 20.8 Å². The van der Waals surface area contributed by atoms with Gasteiger partial charge in [-0.15, -0.1) is 0 Å². The highest BCUT2D eigenvalue weighted by atomic mass is 15.1. The number of aromatic nitrogens is 2. The number of hydrogen-bond acceptors (Lipinski definition) is 2. The Morgan fingerprint density at radius 2 is 2.23 bits per heavy atom. The first-order valence-electron chi connectivity index (χ1n) is 4.79. The maximum absolute atomic E-state index is 5.83. The molecule has 3 heteroatoms. The van der Waals surface area contributed by atoms with Crippen LogP contribution in [0.1, 0.15) is 32.3 Å². The van der Waals surface area contributed by atoms with Gasteiger partial charge in [-0.2, -0.15) is 0 Å². The molecule has 1 aliphatic heterocycles. The summed E-state index contributed by atoms with van der Waals surface area (Å²) >= 11 is 0. The van der Waals surface area contributed by atoms with Crippen molar-refractivity contribution in [1.82, 2.24) is 9.55 Å². The predicted octanol–water partition coefficient (Wildman–Crippen LogP) is 1.06. The van der Waals surface area contributed by atoms with Crippen molar-refractivity contribution in [3.8, 4) is 0 Å². The van der Waals surface area contributed by atoms with E-state index in [0.717, 1.165) is 18.8 Å². The van der Waals surface area contributed by atoms with Crippen LogP contribution in [0.5, 0.6) is 0 Å². The van der Waals surface area contributed by atoms with E-state index in [-0.39, 0.29) is 11.5 Å². The van der Waals surface area contributed by atoms with Crippen LogP contribution in [0.25, 0.3) is 0 Å². The number of hydrogen-bond donors (Lipinski definition) is 1. The van der Waals surface area contributed by atoms with Crippen LogP contribution in [-0.2, 0) is 18.4 Å². The van der Waals surface area contributed by atoms with E-state index in [1.54, 1.807) is 0 Å². The zero-order chi connectivity index (χ0) is 9.64. The van der Waals surface area contributed by atoms with Crippen molar-refractivity contribution in [3.05, 3.63) is 17.7 Å². The molecule has 1 aromatic heterocycles. The normalized spacial score (nSPS) is 22.0. The van der Waals surface area contributed by atoms with Gasteiger partial charge < -0.3 is 10.3 Å². The topological polar surface area (TPSA) is 43.8 Å². The Bertz CT molecular complexity index is 296. The number of imidazole rings is 1. The summed E-state index contributed by atoms with van der Waals surface area (Å²) in [6.45, 7) is 7.49. The molecule has 2 N–H and O–H groups in total. The summed E-state index contributed by atoms with van der Waals surface area (Å²) in [5.74, 6) is 1.15. The molecule has 13 heavy (non-hydrogen) atoms. The number of nitrogens with two attached hydrogens (primary N) is 1. The third kappa shape index (κ3) is 1.48. The molecule has 0 saturated heterocycles. The molecule has 0 aliphatic carbocycles. The van der Waals surface area contributed by atoms with Crippen molar-refractivity contribution in [2.24, 2.45) is 5.73 Å². The molecule has 0 radical (unpaired) electrons. The van der Waals surface area contributed by atoms with Crippen LogP contribution in [0.3, 0.4) is 0 Å². The third-order valence-corrected chi connectivity index (χ3v) is 2.50. The van der Waals surface area contributed by atoms with Gasteiger partial charge in [0.25, 0.3) is 0 Å². The van der Waals surface area contributed by atoms with Gasteiger partial charge in [-0.25, -0.2) is 4.98 Å². The molecule has 2 heterocycles. The first-order chi connectivity index (χ1) is 5.97. The second kappa shape index (κ2) is 2.58. The monoisotopic (exact) mass is 179 g/mol. The highest BCUT2D eigenvalue weighted by Crippen LogP contribution is 2.23. The van der Waals surface area contributed by atoms with Crippen LogP contribution in [0, 0.1) is 0 Å². The fourth-order valence-corrected chi connectivity index (χ4v) is 1.69. The zero-order valence-electron chi connectivity index (χ0n) is 8.54. The molecule has 0 spiro atoms. The van der Waals surface area contributed by atoms with E-state index in [9.17, 15) is 0 Å². The first kappa shape index (κ1) is 8.75. The Balaban J connectivity index is 2.32. The average molecular weight is 179 g/mol. The van der Waals surface area contributed by atoms with Gasteiger partial charge in [0.1, 0.15) is 5.82 Å². The molecule has 0 saturated carbocycles. The van der Waals surface area contributed by atoms with Crippen molar-refractivity contribution in [2.75, 3.05) is 0 Å². The Labute approximate surface area is 79.0 Å². The summed E-state index contributed by atoms with van der Waals surface area (Å²) in [6, 6.07) is 0.275. The molecular formula is C10H17N3. The SMILES string of the molecule is CC(C)(C)c1cn2c(n1)CC(N)C2. The summed E-state index contributed by atoms with van der Waals surface area (Å²) < 4.78 is 2.19. The summed E-state index contributed by atoms with van der Waals surface area (Å²) in [7, 11) is 0. The summed E-state index contributed by atoms with van der Waals surface area (Å²) in [5, 5.41) is 0. The van der Waals surface area contributed by atoms with Gasteiger partial charge in [0.2, 0.25) is 0 Å². The molecule has 0 aromatic carbocycles. The molecule has 72 valence electrons. The van der Waals surface area contributed by atoms with E-state index in [2.05, 4.69) is 36.5 Å². The minimum atomic E-state index is 0.154. The fourth-order valence-electron chi connectivity index (χ4n) is 1.69. The van der Waals surface area contributed by atoms with Crippen LogP contribution in [0.15, 0.2) is 6.20 Å². The fraction of sp³-hybridized carbons (Fsp3) is 0.700. The maximum Gasteiger partial charge on any atom is 0.110 e. The molecular weight excluding hydrogens is 162 g/mol. The third-order valence-electron chi connectivity index (χ3n) is 2.50. The van der Waals surface area contributed by atoms with Crippen LogP contribution >= 0.6 is 0 Å². The maximum atomic E-state index is 5.83. The van der Waals surface area contributed by atoms with Crippen LogP contribution in [0.4, 0.5) is 0 Å². The molecule has 0 fully saturated rings. The van der Waals surface area contributed by atoms with E-state index in [1.165, 1.54) is 5.69 Å². The van der Waals surface area contributed by atoms with E-state index in [0.29, 0.717) is 0 Å². The second-order valence-electron chi connectivity index (χ2n) is 4.91. The highest BCUT2D eigenvalue weighted by Gasteiger charge is 2.24. The quantitative estimate of drug-likeness (QED) is 0.647. The highest BCUT2D eigenvalue weighted by molar-refractivity contribution is 5.16. The Kier molecular flexibility index (Phi) is 1.74. The van der Waals surface area contributed by atoms with Gasteiger partial charge in [-0.3, -0.25) is 0 Å². The van der Waals surface area contributed by atoms with Crippen LogP contribution in [0.2, 0.25) is 0 Å². The van der Waals surface area contributed by atoms with E-state index in [1.807, 2.05) is 0 Å². The van der Waals surface area contributed by atoms with Gasteiger partial charge in [0.15, 0.2) is 0 Å². The van der Waals surface area contributed by atoms with Crippen molar-refractivity contribution < 1.29 is 0 Å². The molecule has 0 bridgehead atoms. The molecule has 0 amide bonds. The first-order valence-corrected chi connectivity index (χ1v) is 4.79. The summed E-state index contributed by atoms with van der Waals surface area (Å²) in [4.78, 5) is 4.60. The van der Waals surface area contributed by atoms with Gasteiger partial charge in [0, 0.05) is 30.6 Å². The summed E-state index contributed by atoms with van der Waals surface area (Å²) in [6.07, 6.45) is 3.07. The van der Waals surface area contributed by atoms with Gasteiger partial charge in [0.05, 0.1) is 5.69 Å².